The van der Waals surface area contributed by atoms with E-state index in [1.807, 2.05) is 4.90 Å². The minimum absolute atomic E-state index is 0.0270. The molecule has 0 unspecified atom stereocenters. The standard InChI is InChI=1S/C24H32N4O2S/c1-19-5-7-20(8-6-19)17-28-12-9-25-24(30)22(28)16-23(29)27-11-3-10-26(13-14-27)18-21-4-2-15-31-21/h2,4-8,15,22H,3,9-14,16-18H2,1H3,(H,25,30)/t22-/m0/s1. The Morgan fingerprint density at radius 1 is 1.06 bits per heavy atom. The summed E-state index contributed by atoms with van der Waals surface area (Å²) in [6.07, 6.45) is 1.23. The molecule has 0 saturated carbocycles. The van der Waals surface area contributed by atoms with Crippen LogP contribution in [0.1, 0.15) is 28.8 Å². The van der Waals surface area contributed by atoms with Crippen molar-refractivity contribution in [3.8, 4) is 0 Å². The number of benzene rings is 1. The minimum Gasteiger partial charge on any atom is -0.353 e. The molecule has 0 spiro atoms. The second-order valence-electron chi connectivity index (χ2n) is 8.56. The Hall–Kier alpha value is -2.22. The van der Waals surface area contributed by atoms with Crippen LogP contribution in [-0.4, -0.2) is 71.8 Å². The SMILES string of the molecule is Cc1ccc(CN2CCNC(=O)[C@@H]2CC(=O)N2CCCN(Cc3cccs3)CC2)cc1. The van der Waals surface area contributed by atoms with E-state index in [-0.39, 0.29) is 18.2 Å². The van der Waals surface area contributed by atoms with E-state index in [9.17, 15) is 9.59 Å². The van der Waals surface area contributed by atoms with Gasteiger partial charge in [-0.3, -0.25) is 19.4 Å². The molecule has 7 heteroatoms. The molecule has 2 aromatic rings. The van der Waals surface area contributed by atoms with Crippen LogP contribution in [0.2, 0.25) is 0 Å². The fourth-order valence-corrected chi connectivity index (χ4v) is 5.14. The van der Waals surface area contributed by atoms with Crippen LogP contribution in [0, 0.1) is 6.92 Å². The van der Waals surface area contributed by atoms with Crippen molar-refractivity contribution in [2.24, 2.45) is 0 Å². The van der Waals surface area contributed by atoms with E-state index in [2.05, 4.69) is 63.8 Å². The van der Waals surface area contributed by atoms with Crippen molar-refractivity contribution in [2.75, 3.05) is 39.3 Å². The Morgan fingerprint density at radius 2 is 1.90 bits per heavy atom. The Morgan fingerprint density at radius 3 is 2.68 bits per heavy atom. The molecule has 2 aliphatic rings. The molecule has 31 heavy (non-hydrogen) atoms. The third kappa shape index (κ3) is 5.93. The summed E-state index contributed by atoms with van der Waals surface area (Å²) in [7, 11) is 0. The van der Waals surface area contributed by atoms with Crippen molar-refractivity contribution >= 4 is 23.2 Å². The highest BCUT2D eigenvalue weighted by molar-refractivity contribution is 7.09. The molecule has 3 heterocycles. The number of carbonyl (C=O) groups is 2. The van der Waals surface area contributed by atoms with Gasteiger partial charge in [-0.25, -0.2) is 0 Å². The maximum atomic E-state index is 13.1. The fraction of sp³-hybridized carbons (Fsp3) is 0.500. The second-order valence-corrected chi connectivity index (χ2v) is 9.59. The first-order chi connectivity index (χ1) is 15.1. The van der Waals surface area contributed by atoms with E-state index in [1.165, 1.54) is 16.0 Å². The number of nitrogens with one attached hydrogen (secondary N) is 1. The van der Waals surface area contributed by atoms with E-state index in [0.717, 1.165) is 45.7 Å². The zero-order valence-corrected chi connectivity index (χ0v) is 19.1. The van der Waals surface area contributed by atoms with Gasteiger partial charge in [-0.15, -0.1) is 11.3 Å². The van der Waals surface area contributed by atoms with Crippen LogP contribution in [0.5, 0.6) is 0 Å². The predicted octanol–water partition coefficient (Wildman–Crippen LogP) is 2.48. The van der Waals surface area contributed by atoms with Gasteiger partial charge in [0, 0.05) is 57.2 Å². The van der Waals surface area contributed by atoms with Gasteiger partial charge in [-0.2, -0.15) is 0 Å². The van der Waals surface area contributed by atoms with Gasteiger partial charge >= 0.3 is 0 Å². The van der Waals surface area contributed by atoms with Gasteiger partial charge in [0.25, 0.3) is 0 Å². The highest BCUT2D eigenvalue weighted by atomic mass is 32.1. The molecule has 166 valence electrons. The molecule has 1 aromatic carbocycles. The third-order valence-electron chi connectivity index (χ3n) is 6.22. The number of nitrogens with zero attached hydrogens (tertiary/aromatic N) is 3. The van der Waals surface area contributed by atoms with E-state index in [1.54, 1.807) is 11.3 Å². The monoisotopic (exact) mass is 440 g/mol. The van der Waals surface area contributed by atoms with Crippen LogP contribution in [-0.2, 0) is 22.7 Å². The van der Waals surface area contributed by atoms with Gasteiger partial charge in [0.1, 0.15) is 0 Å². The van der Waals surface area contributed by atoms with Gasteiger partial charge in [-0.05, 0) is 30.4 Å². The number of thiophene rings is 1. The molecular weight excluding hydrogens is 408 g/mol. The molecule has 2 saturated heterocycles. The molecule has 2 fully saturated rings. The molecule has 2 amide bonds. The summed E-state index contributed by atoms with van der Waals surface area (Å²) in [6, 6.07) is 12.3. The Bertz CT molecular complexity index is 868. The van der Waals surface area contributed by atoms with Crippen LogP contribution in [0.4, 0.5) is 0 Å². The van der Waals surface area contributed by atoms with E-state index < -0.39 is 6.04 Å². The van der Waals surface area contributed by atoms with Crippen LogP contribution >= 0.6 is 11.3 Å². The largest absolute Gasteiger partial charge is 0.353 e. The van der Waals surface area contributed by atoms with Gasteiger partial charge in [0.2, 0.25) is 11.8 Å². The quantitative estimate of drug-likeness (QED) is 0.750. The van der Waals surface area contributed by atoms with E-state index in [4.69, 9.17) is 0 Å². The highest BCUT2D eigenvalue weighted by Crippen LogP contribution is 2.18. The average molecular weight is 441 g/mol. The molecule has 6 nitrogen and oxygen atoms in total. The lowest BCUT2D eigenvalue weighted by Gasteiger charge is -2.35. The Kier molecular flexibility index (Phi) is 7.37. The molecule has 2 aliphatic heterocycles. The van der Waals surface area contributed by atoms with Crippen molar-refractivity contribution in [1.29, 1.82) is 0 Å². The molecule has 1 aromatic heterocycles. The van der Waals surface area contributed by atoms with Crippen LogP contribution in [0.25, 0.3) is 0 Å². The zero-order chi connectivity index (χ0) is 21.6. The number of aryl methyl sites for hydroxylation is 1. The summed E-state index contributed by atoms with van der Waals surface area (Å²) in [6.45, 7) is 8.52. The summed E-state index contributed by atoms with van der Waals surface area (Å²) < 4.78 is 0. The average Bonchev–Trinajstić information content (AvgIpc) is 3.16. The summed E-state index contributed by atoms with van der Waals surface area (Å²) >= 11 is 1.78. The van der Waals surface area contributed by atoms with Crippen molar-refractivity contribution in [2.45, 2.75) is 38.9 Å². The normalized spacial score (nSPS) is 21.0. The zero-order valence-electron chi connectivity index (χ0n) is 18.3. The number of piperazine rings is 1. The van der Waals surface area contributed by atoms with Crippen molar-refractivity contribution in [3.63, 3.8) is 0 Å². The van der Waals surface area contributed by atoms with Crippen LogP contribution in [0.15, 0.2) is 41.8 Å². The second kappa shape index (κ2) is 10.4. The van der Waals surface area contributed by atoms with Crippen molar-refractivity contribution in [3.05, 3.63) is 57.8 Å². The van der Waals surface area contributed by atoms with Crippen molar-refractivity contribution < 1.29 is 9.59 Å². The van der Waals surface area contributed by atoms with Gasteiger partial charge in [-0.1, -0.05) is 35.9 Å². The first-order valence-electron chi connectivity index (χ1n) is 11.2. The maximum absolute atomic E-state index is 13.1. The fourth-order valence-electron chi connectivity index (χ4n) is 4.40. The molecule has 0 aliphatic carbocycles. The smallest absolute Gasteiger partial charge is 0.237 e. The van der Waals surface area contributed by atoms with Gasteiger partial charge in [0.15, 0.2) is 0 Å². The topological polar surface area (TPSA) is 55.9 Å². The predicted molar refractivity (Wildman–Crippen MR) is 124 cm³/mol. The number of carbonyl (C=O) groups excluding carboxylic acids is 2. The van der Waals surface area contributed by atoms with Gasteiger partial charge in [0.05, 0.1) is 12.5 Å². The molecule has 1 atom stereocenters. The maximum Gasteiger partial charge on any atom is 0.237 e. The highest BCUT2D eigenvalue weighted by Gasteiger charge is 2.33. The molecule has 4 rings (SSSR count). The first kappa shape index (κ1) is 22.0. The summed E-state index contributed by atoms with van der Waals surface area (Å²) in [4.78, 5) is 33.7. The number of hydrogen-bond donors (Lipinski definition) is 1. The Balaban J connectivity index is 1.34. The summed E-state index contributed by atoms with van der Waals surface area (Å²) in [5, 5.41) is 5.06. The van der Waals surface area contributed by atoms with Crippen LogP contribution in [0.3, 0.4) is 0 Å². The molecule has 0 bridgehead atoms. The lowest BCUT2D eigenvalue weighted by atomic mass is 10.1. The molecule has 0 radical (unpaired) electrons. The van der Waals surface area contributed by atoms with E-state index >= 15 is 0 Å². The number of amides is 2. The molecular formula is C24H32N4O2S. The van der Waals surface area contributed by atoms with Crippen molar-refractivity contribution in [1.82, 2.24) is 20.0 Å². The summed E-state index contributed by atoms with van der Waals surface area (Å²) in [5.41, 5.74) is 2.40. The number of rotatable bonds is 6. The molecule has 1 N–H and O–H groups in total. The lowest BCUT2D eigenvalue weighted by molar-refractivity contribution is -0.139. The summed E-state index contributed by atoms with van der Waals surface area (Å²) in [5.74, 6) is 0.0646. The lowest BCUT2D eigenvalue weighted by Crippen LogP contribution is -2.56. The van der Waals surface area contributed by atoms with E-state index in [0.29, 0.717) is 13.1 Å². The third-order valence-corrected chi connectivity index (χ3v) is 7.08. The Labute approximate surface area is 188 Å². The first-order valence-corrected chi connectivity index (χ1v) is 12.1. The van der Waals surface area contributed by atoms with Gasteiger partial charge < -0.3 is 10.2 Å². The number of hydrogen-bond acceptors (Lipinski definition) is 5. The minimum atomic E-state index is -0.395. The van der Waals surface area contributed by atoms with Crippen LogP contribution < -0.4 is 5.32 Å².